The van der Waals surface area contributed by atoms with Crippen LogP contribution in [0.2, 0.25) is 12.1 Å². The second-order valence-corrected chi connectivity index (χ2v) is 7.59. The van der Waals surface area contributed by atoms with Crippen molar-refractivity contribution in [2.24, 2.45) is 5.92 Å². The summed E-state index contributed by atoms with van der Waals surface area (Å²) in [5.41, 5.74) is 0. The first-order valence-corrected chi connectivity index (χ1v) is 8.25. The standard InChI is InChI=1S/C10H20ClSi/c1-2-3-4-5-10-6-8-12(11)9-7-10/h10H,2-9H2,1H3. The van der Waals surface area contributed by atoms with Gasteiger partial charge in [-0.15, -0.1) is 0 Å². The Morgan fingerprint density at radius 3 is 2.50 bits per heavy atom. The van der Waals surface area contributed by atoms with E-state index in [-0.39, 0.29) is 8.11 Å². The van der Waals surface area contributed by atoms with Crippen LogP contribution in [0.4, 0.5) is 0 Å². The number of hydrogen-bond acceptors (Lipinski definition) is 0. The van der Waals surface area contributed by atoms with Crippen LogP contribution in [0.5, 0.6) is 0 Å². The lowest BCUT2D eigenvalue weighted by Gasteiger charge is -2.23. The molecule has 1 saturated heterocycles. The molecule has 1 fully saturated rings. The number of halogens is 1. The van der Waals surface area contributed by atoms with E-state index >= 15 is 0 Å². The van der Waals surface area contributed by atoms with Gasteiger partial charge in [0.15, 0.2) is 8.11 Å². The molecule has 0 nitrogen and oxygen atoms in total. The second kappa shape index (κ2) is 6.04. The molecule has 1 aliphatic rings. The summed E-state index contributed by atoms with van der Waals surface area (Å²) in [4.78, 5) is 0. The summed E-state index contributed by atoms with van der Waals surface area (Å²) in [5, 5.41) is 0. The fourth-order valence-electron chi connectivity index (χ4n) is 1.96. The van der Waals surface area contributed by atoms with Gasteiger partial charge >= 0.3 is 0 Å². The van der Waals surface area contributed by atoms with Crippen molar-refractivity contribution < 1.29 is 0 Å². The van der Waals surface area contributed by atoms with Crippen LogP contribution in [0.15, 0.2) is 0 Å². The third kappa shape index (κ3) is 3.95. The molecule has 0 spiro atoms. The molecule has 0 aliphatic carbocycles. The molecule has 0 aromatic carbocycles. The molecule has 0 bridgehead atoms. The Morgan fingerprint density at radius 2 is 1.92 bits per heavy atom. The van der Waals surface area contributed by atoms with Gasteiger partial charge in [-0.2, -0.15) is 11.1 Å². The Morgan fingerprint density at radius 1 is 1.25 bits per heavy atom. The third-order valence-electron chi connectivity index (χ3n) is 2.86. The molecule has 1 radical (unpaired) electrons. The lowest BCUT2D eigenvalue weighted by atomic mass is 9.96. The lowest BCUT2D eigenvalue weighted by molar-refractivity contribution is 0.419. The Balaban J connectivity index is 2.01. The van der Waals surface area contributed by atoms with Crippen LogP contribution in [0.25, 0.3) is 0 Å². The van der Waals surface area contributed by atoms with Gasteiger partial charge in [-0.1, -0.05) is 45.4 Å². The van der Waals surface area contributed by atoms with E-state index in [1.54, 1.807) is 0 Å². The number of hydrogen-bond donors (Lipinski definition) is 0. The van der Waals surface area contributed by atoms with E-state index in [9.17, 15) is 0 Å². The Bertz CT molecular complexity index is 108. The molecule has 71 valence electrons. The van der Waals surface area contributed by atoms with Crippen LogP contribution in [-0.4, -0.2) is 8.11 Å². The van der Waals surface area contributed by atoms with Crippen molar-refractivity contribution in [2.75, 3.05) is 0 Å². The lowest BCUT2D eigenvalue weighted by Crippen LogP contribution is -2.16. The van der Waals surface area contributed by atoms with Crippen molar-refractivity contribution in [1.82, 2.24) is 0 Å². The first-order valence-electron chi connectivity index (χ1n) is 5.33. The zero-order valence-corrected chi connectivity index (χ0v) is 9.87. The molecule has 12 heavy (non-hydrogen) atoms. The van der Waals surface area contributed by atoms with Crippen LogP contribution >= 0.6 is 11.1 Å². The molecule has 0 aromatic heterocycles. The highest BCUT2D eigenvalue weighted by Crippen LogP contribution is 2.30. The van der Waals surface area contributed by atoms with E-state index in [0.29, 0.717) is 0 Å². The normalized spacial score (nSPS) is 21.5. The maximum Gasteiger partial charge on any atom is 0.165 e. The van der Waals surface area contributed by atoms with E-state index in [2.05, 4.69) is 6.92 Å². The van der Waals surface area contributed by atoms with Crippen molar-refractivity contribution in [3.63, 3.8) is 0 Å². The summed E-state index contributed by atoms with van der Waals surface area (Å²) in [6.07, 6.45) is 8.57. The summed E-state index contributed by atoms with van der Waals surface area (Å²) >= 11 is 6.15. The number of rotatable bonds is 4. The fraction of sp³-hybridized carbons (Fsp3) is 1.00. The molecule has 0 unspecified atom stereocenters. The van der Waals surface area contributed by atoms with Gasteiger partial charge in [-0.05, 0) is 18.0 Å². The van der Waals surface area contributed by atoms with Gasteiger partial charge in [0.25, 0.3) is 0 Å². The molecular weight excluding hydrogens is 184 g/mol. The van der Waals surface area contributed by atoms with E-state index in [4.69, 9.17) is 11.1 Å². The molecule has 1 heterocycles. The minimum absolute atomic E-state index is 0.383. The summed E-state index contributed by atoms with van der Waals surface area (Å²) < 4.78 is 0. The molecule has 0 aromatic rings. The van der Waals surface area contributed by atoms with Gasteiger partial charge in [0.05, 0.1) is 0 Å². The van der Waals surface area contributed by atoms with Gasteiger partial charge < -0.3 is 0 Å². The zero-order chi connectivity index (χ0) is 8.81. The van der Waals surface area contributed by atoms with Gasteiger partial charge in [0.2, 0.25) is 0 Å². The summed E-state index contributed by atoms with van der Waals surface area (Å²) in [7, 11) is -0.383. The maximum atomic E-state index is 6.15. The average molecular weight is 204 g/mol. The molecule has 2 heteroatoms. The van der Waals surface area contributed by atoms with Crippen molar-refractivity contribution in [3.8, 4) is 0 Å². The van der Waals surface area contributed by atoms with Crippen LogP contribution in [0.3, 0.4) is 0 Å². The Labute approximate surface area is 83.0 Å². The number of unbranched alkanes of at least 4 members (excludes halogenated alkanes) is 2. The van der Waals surface area contributed by atoms with Gasteiger partial charge in [0, 0.05) is 0 Å². The predicted octanol–water partition coefficient (Wildman–Crippen LogP) is 4.21. The Hall–Kier alpha value is 0.507. The van der Waals surface area contributed by atoms with Crippen LogP contribution in [0, 0.1) is 5.92 Å². The van der Waals surface area contributed by atoms with E-state index in [0.717, 1.165) is 5.92 Å². The molecule has 0 saturated carbocycles. The smallest absolute Gasteiger partial charge is 0.165 e. The van der Waals surface area contributed by atoms with Crippen molar-refractivity contribution in [1.29, 1.82) is 0 Å². The van der Waals surface area contributed by atoms with Crippen molar-refractivity contribution in [2.45, 2.75) is 57.5 Å². The summed E-state index contributed by atoms with van der Waals surface area (Å²) in [6.45, 7) is 2.28. The van der Waals surface area contributed by atoms with Crippen LogP contribution < -0.4 is 0 Å². The first-order chi connectivity index (χ1) is 5.83. The quantitative estimate of drug-likeness (QED) is 0.365. The highest BCUT2D eigenvalue weighted by atomic mass is 35.6. The zero-order valence-electron chi connectivity index (χ0n) is 8.11. The molecule has 1 rings (SSSR count). The first kappa shape index (κ1) is 10.6. The molecular formula is C10H20ClSi. The highest BCUT2D eigenvalue weighted by molar-refractivity contribution is 7.07. The fourth-order valence-corrected chi connectivity index (χ4v) is 4.31. The van der Waals surface area contributed by atoms with E-state index < -0.39 is 0 Å². The van der Waals surface area contributed by atoms with Crippen molar-refractivity contribution in [3.05, 3.63) is 0 Å². The molecule has 0 N–H and O–H groups in total. The second-order valence-electron chi connectivity index (χ2n) is 3.96. The van der Waals surface area contributed by atoms with Crippen molar-refractivity contribution >= 4 is 19.2 Å². The predicted molar refractivity (Wildman–Crippen MR) is 58.1 cm³/mol. The van der Waals surface area contributed by atoms with E-state index in [1.165, 1.54) is 50.6 Å². The Kier molecular flexibility index (Phi) is 5.33. The van der Waals surface area contributed by atoms with Crippen LogP contribution in [-0.2, 0) is 0 Å². The van der Waals surface area contributed by atoms with Gasteiger partial charge in [-0.3, -0.25) is 0 Å². The van der Waals surface area contributed by atoms with Gasteiger partial charge in [-0.25, -0.2) is 0 Å². The average Bonchev–Trinajstić information content (AvgIpc) is 2.09. The molecule has 0 amide bonds. The monoisotopic (exact) mass is 203 g/mol. The SMILES string of the molecule is CCCCCC1CC[Si](Cl)CC1. The summed E-state index contributed by atoms with van der Waals surface area (Å²) in [6, 6.07) is 2.73. The topological polar surface area (TPSA) is 0 Å². The van der Waals surface area contributed by atoms with Crippen LogP contribution in [0.1, 0.15) is 45.4 Å². The molecule has 0 atom stereocenters. The third-order valence-corrected chi connectivity index (χ3v) is 5.66. The van der Waals surface area contributed by atoms with E-state index in [1.807, 2.05) is 0 Å². The minimum Gasteiger partial charge on any atom is -0.169 e. The summed E-state index contributed by atoms with van der Waals surface area (Å²) in [5.74, 6) is 1.03. The molecule has 1 aliphatic heterocycles. The minimum atomic E-state index is -0.383. The highest BCUT2D eigenvalue weighted by Gasteiger charge is 2.20. The maximum absolute atomic E-state index is 6.15. The van der Waals surface area contributed by atoms with Gasteiger partial charge in [0.1, 0.15) is 0 Å². The largest absolute Gasteiger partial charge is 0.169 e.